The van der Waals surface area contributed by atoms with Gasteiger partial charge in [0.25, 0.3) is 10.0 Å². The van der Waals surface area contributed by atoms with Crippen LogP contribution in [0, 0.1) is 10.1 Å². The third-order valence-corrected chi connectivity index (χ3v) is 8.85. The number of piperidine rings is 1. The molecule has 4 rings (SSSR count). The van der Waals surface area contributed by atoms with Gasteiger partial charge in [0, 0.05) is 63.2 Å². The molecule has 3 saturated heterocycles. The highest BCUT2D eigenvalue weighted by Gasteiger charge is 2.40. The number of hydrogen-bond acceptors (Lipinski definition) is 9. The molecular formula is C16H22N4O6S2. The zero-order valence-electron chi connectivity index (χ0n) is 15.2. The van der Waals surface area contributed by atoms with Gasteiger partial charge in [-0.05, 0) is 17.4 Å². The number of morpholine rings is 1. The number of thiophene rings is 1. The van der Waals surface area contributed by atoms with Crippen molar-refractivity contribution < 1.29 is 22.9 Å². The summed E-state index contributed by atoms with van der Waals surface area (Å²) in [6.07, 6.45) is 0.953. The molecule has 0 aromatic carbocycles. The maximum Gasteiger partial charge on any atom is 0.325 e. The van der Waals surface area contributed by atoms with Crippen molar-refractivity contribution in [3.63, 3.8) is 0 Å². The molecular weight excluding hydrogens is 408 g/mol. The number of ether oxygens (including phenoxy) is 1. The molecule has 0 aliphatic carbocycles. The monoisotopic (exact) mass is 430 g/mol. The lowest BCUT2D eigenvalue weighted by atomic mass is 9.92. The highest BCUT2D eigenvalue weighted by atomic mass is 32.2. The van der Waals surface area contributed by atoms with E-state index in [1.807, 2.05) is 0 Å². The summed E-state index contributed by atoms with van der Waals surface area (Å²) < 4.78 is 32.8. The van der Waals surface area contributed by atoms with E-state index in [2.05, 4.69) is 10.2 Å². The highest BCUT2D eigenvalue weighted by molar-refractivity contribution is 7.91. The summed E-state index contributed by atoms with van der Waals surface area (Å²) in [7, 11) is -3.77. The fourth-order valence-corrected chi connectivity index (χ4v) is 6.90. The molecule has 0 spiro atoms. The molecule has 3 aliphatic heterocycles. The minimum Gasteiger partial charge on any atom is -0.378 e. The molecule has 1 aromatic heterocycles. The van der Waals surface area contributed by atoms with Crippen LogP contribution in [-0.2, 0) is 19.6 Å². The minimum atomic E-state index is -3.77. The van der Waals surface area contributed by atoms with Crippen molar-refractivity contribution in [3.8, 4) is 0 Å². The Bertz CT molecular complexity index is 856. The fraction of sp³-hybridized carbons (Fsp3) is 0.688. The van der Waals surface area contributed by atoms with Gasteiger partial charge in [-0.15, -0.1) is 0 Å². The van der Waals surface area contributed by atoms with Crippen molar-refractivity contribution in [1.29, 1.82) is 0 Å². The summed E-state index contributed by atoms with van der Waals surface area (Å²) in [4.78, 5) is 24.4. The maximum absolute atomic E-state index is 12.9. The molecule has 2 bridgehead atoms. The van der Waals surface area contributed by atoms with Crippen LogP contribution in [0.25, 0.3) is 0 Å². The number of hydrogen-bond donors (Lipinski definition) is 1. The Morgan fingerprint density at radius 2 is 2.00 bits per heavy atom. The summed E-state index contributed by atoms with van der Waals surface area (Å²) in [6, 6.07) is 2.55. The van der Waals surface area contributed by atoms with Crippen LogP contribution in [0.4, 0.5) is 5.00 Å². The number of fused-ring (bicyclic) bond motifs is 2. The normalized spacial score (nSPS) is 29.7. The Balaban J connectivity index is 1.45. The first kappa shape index (κ1) is 19.9. The van der Waals surface area contributed by atoms with Crippen molar-refractivity contribution in [2.45, 2.75) is 35.2 Å². The smallest absolute Gasteiger partial charge is 0.325 e. The summed E-state index contributed by atoms with van der Waals surface area (Å²) in [5.74, 6) is 0.259. The van der Waals surface area contributed by atoms with Crippen LogP contribution in [0.3, 0.4) is 0 Å². The van der Waals surface area contributed by atoms with E-state index in [1.54, 1.807) is 0 Å². The van der Waals surface area contributed by atoms with Gasteiger partial charge in [0.2, 0.25) is 0 Å². The molecule has 3 aliphatic rings. The lowest BCUT2D eigenvalue weighted by molar-refractivity contribution is -0.380. The number of nitro groups is 1. The van der Waals surface area contributed by atoms with E-state index < -0.39 is 14.9 Å². The minimum absolute atomic E-state index is 0.00584. The van der Waals surface area contributed by atoms with E-state index in [9.17, 15) is 23.3 Å². The largest absolute Gasteiger partial charge is 0.378 e. The molecule has 3 fully saturated rings. The maximum atomic E-state index is 12.9. The predicted molar refractivity (Wildman–Crippen MR) is 101 cm³/mol. The lowest BCUT2D eigenvalue weighted by Gasteiger charge is -2.47. The second-order valence-corrected chi connectivity index (χ2v) is 10.6. The summed E-state index contributed by atoms with van der Waals surface area (Å²) in [6.45, 7) is 2.81. The number of piperazine rings is 1. The molecule has 0 amide bonds. The summed E-state index contributed by atoms with van der Waals surface area (Å²) in [5.41, 5.74) is 0. The molecule has 12 heteroatoms. The number of rotatable bonds is 5. The fourth-order valence-electron chi connectivity index (χ4n) is 4.15. The van der Waals surface area contributed by atoms with Gasteiger partial charge in [-0.25, -0.2) is 8.42 Å². The molecule has 4 heterocycles. The third-order valence-electron chi connectivity index (χ3n) is 5.48. The molecule has 10 nitrogen and oxygen atoms in total. The number of Topliss-reactive ketones (excluding diaryl/α,β-unsaturated/α-hetero) is 1. The van der Waals surface area contributed by atoms with Gasteiger partial charge >= 0.3 is 5.00 Å². The molecule has 154 valence electrons. The van der Waals surface area contributed by atoms with Crippen LogP contribution >= 0.6 is 11.3 Å². The lowest BCUT2D eigenvalue weighted by Crippen LogP contribution is -2.63. The quantitative estimate of drug-likeness (QED) is 0.514. The van der Waals surface area contributed by atoms with Crippen molar-refractivity contribution in [1.82, 2.24) is 14.5 Å². The van der Waals surface area contributed by atoms with Gasteiger partial charge in [0.15, 0.2) is 0 Å². The number of nitrogens with zero attached hydrogens (tertiary/aromatic N) is 3. The van der Waals surface area contributed by atoms with Gasteiger partial charge < -0.3 is 10.1 Å². The second kappa shape index (κ2) is 7.76. The van der Waals surface area contributed by atoms with Crippen LogP contribution in [-0.4, -0.2) is 85.8 Å². The molecule has 3 atom stereocenters. The van der Waals surface area contributed by atoms with Crippen molar-refractivity contribution in [2.75, 3.05) is 39.4 Å². The van der Waals surface area contributed by atoms with E-state index in [4.69, 9.17) is 4.74 Å². The van der Waals surface area contributed by atoms with Crippen LogP contribution < -0.4 is 5.32 Å². The number of sulfonamides is 1. The van der Waals surface area contributed by atoms with E-state index in [0.717, 1.165) is 0 Å². The molecule has 1 N–H and O–H groups in total. The predicted octanol–water partition coefficient (Wildman–Crippen LogP) is 0.0511. The van der Waals surface area contributed by atoms with E-state index >= 15 is 0 Å². The summed E-state index contributed by atoms with van der Waals surface area (Å²) in [5, 5.41) is 14.0. The van der Waals surface area contributed by atoms with E-state index in [-0.39, 0.29) is 33.1 Å². The third kappa shape index (κ3) is 3.84. The van der Waals surface area contributed by atoms with E-state index in [0.29, 0.717) is 63.6 Å². The Morgan fingerprint density at radius 3 is 2.64 bits per heavy atom. The zero-order chi connectivity index (χ0) is 19.9. The first-order valence-electron chi connectivity index (χ1n) is 9.17. The van der Waals surface area contributed by atoms with Crippen molar-refractivity contribution in [3.05, 3.63) is 22.2 Å². The number of carbonyl (C=O) groups is 1. The van der Waals surface area contributed by atoms with Crippen LogP contribution in [0.15, 0.2) is 16.3 Å². The first-order chi connectivity index (χ1) is 13.3. The standard InChI is InChI=1S/C16H22N4O6S2/c21-14-5-12-9-26-10-13(6-14)19(12)8-11-7-18(4-3-17-11)28(24,25)16-2-1-15(27-16)20(22)23/h1-2,11-13,17H,3-10H2/t11-,12-,13+/m1/s1. The first-order valence-corrected chi connectivity index (χ1v) is 11.4. The topological polar surface area (TPSA) is 122 Å². The van der Waals surface area contributed by atoms with Gasteiger partial charge in [-0.2, -0.15) is 4.31 Å². The second-order valence-electron chi connectivity index (χ2n) is 7.35. The van der Waals surface area contributed by atoms with Crippen LogP contribution in [0.2, 0.25) is 0 Å². The SMILES string of the molecule is O=C1C[C@H]2COC[C@@H](C1)N2C[C@H]1CN(S(=O)(=O)c2ccc([N+](=O)[O-])s2)CCN1. The van der Waals surface area contributed by atoms with Gasteiger partial charge in [0.1, 0.15) is 9.99 Å². The van der Waals surface area contributed by atoms with Crippen molar-refractivity contribution in [2.24, 2.45) is 0 Å². The molecule has 0 saturated carbocycles. The summed E-state index contributed by atoms with van der Waals surface area (Å²) >= 11 is 0.679. The number of nitrogens with one attached hydrogen (secondary N) is 1. The van der Waals surface area contributed by atoms with Crippen LogP contribution in [0.5, 0.6) is 0 Å². The molecule has 0 radical (unpaired) electrons. The average Bonchev–Trinajstić information content (AvgIpc) is 3.14. The van der Waals surface area contributed by atoms with Crippen molar-refractivity contribution >= 4 is 32.1 Å². The van der Waals surface area contributed by atoms with E-state index in [1.165, 1.54) is 16.4 Å². The van der Waals surface area contributed by atoms with Gasteiger partial charge in [0.05, 0.1) is 18.1 Å². The zero-order valence-corrected chi connectivity index (χ0v) is 16.8. The Morgan fingerprint density at radius 1 is 1.29 bits per heavy atom. The molecule has 0 unspecified atom stereocenters. The number of ketones is 1. The molecule has 28 heavy (non-hydrogen) atoms. The highest BCUT2D eigenvalue weighted by Crippen LogP contribution is 2.31. The Hall–Kier alpha value is -1.44. The van der Waals surface area contributed by atoms with Gasteiger partial charge in [-0.3, -0.25) is 19.8 Å². The van der Waals surface area contributed by atoms with Gasteiger partial charge in [-0.1, -0.05) is 0 Å². The van der Waals surface area contributed by atoms with Crippen LogP contribution in [0.1, 0.15) is 12.8 Å². The molecule has 1 aromatic rings. The number of carbonyl (C=O) groups excluding carboxylic acids is 1. The average molecular weight is 431 g/mol. The Kier molecular flexibility index (Phi) is 5.51. The Labute approximate surface area is 166 Å².